The molecular formula is C17H27NO3. The van der Waals surface area contributed by atoms with E-state index in [9.17, 15) is 4.79 Å². The first kappa shape index (κ1) is 17.5. The van der Waals surface area contributed by atoms with E-state index in [0.717, 1.165) is 25.3 Å². The van der Waals surface area contributed by atoms with Crippen molar-refractivity contribution in [3.05, 3.63) is 29.8 Å². The van der Waals surface area contributed by atoms with E-state index in [1.165, 1.54) is 5.56 Å². The largest absolute Gasteiger partial charge is 0.494 e. The monoisotopic (exact) mass is 293 g/mol. The molecule has 2 unspecified atom stereocenters. The number of rotatable bonds is 9. The van der Waals surface area contributed by atoms with E-state index < -0.39 is 5.97 Å². The molecule has 1 aromatic carbocycles. The first-order valence-corrected chi connectivity index (χ1v) is 7.69. The quantitative estimate of drug-likeness (QED) is 0.754. The molecule has 0 saturated heterocycles. The van der Waals surface area contributed by atoms with Crippen LogP contribution >= 0.6 is 0 Å². The molecular weight excluding hydrogens is 266 g/mol. The molecule has 0 fully saturated rings. The zero-order valence-electron chi connectivity index (χ0n) is 13.5. The molecule has 0 aliphatic heterocycles. The molecule has 0 radical (unpaired) electrons. The van der Waals surface area contributed by atoms with Crippen molar-refractivity contribution >= 4 is 5.97 Å². The zero-order chi connectivity index (χ0) is 15.8. The predicted molar refractivity (Wildman–Crippen MR) is 84.7 cm³/mol. The first-order valence-electron chi connectivity index (χ1n) is 7.69. The number of carboxylic acids is 1. The van der Waals surface area contributed by atoms with Crippen LogP contribution in [0.1, 0.15) is 52.1 Å². The van der Waals surface area contributed by atoms with Crippen LogP contribution in [0.5, 0.6) is 5.75 Å². The molecule has 1 aromatic rings. The third kappa shape index (κ3) is 5.38. The minimum Gasteiger partial charge on any atom is -0.494 e. The molecule has 2 atom stereocenters. The summed E-state index contributed by atoms with van der Waals surface area (Å²) in [6.07, 6.45) is 1.16. The van der Waals surface area contributed by atoms with Crippen molar-refractivity contribution < 1.29 is 14.6 Å². The summed E-state index contributed by atoms with van der Waals surface area (Å²) in [5.74, 6) is 0.130. The topological polar surface area (TPSA) is 49.8 Å². The van der Waals surface area contributed by atoms with Crippen LogP contribution in [0, 0.1) is 0 Å². The summed E-state index contributed by atoms with van der Waals surface area (Å²) in [6, 6.07) is 8.29. The van der Waals surface area contributed by atoms with Gasteiger partial charge in [0.05, 0.1) is 13.0 Å². The number of carboxylic acid groups (broad SMARTS) is 1. The molecule has 0 amide bonds. The van der Waals surface area contributed by atoms with Crippen molar-refractivity contribution in [3.8, 4) is 5.75 Å². The highest BCUT2D eigenvalue weighted by atomic mass is 16.5. The molecule has 0 bridgehead atoms. The second kappa shape index (κ2) is 8.67. The molecule has 118 valence electrons. The van der Waals surface area contributed by atoms with E-state index in [1.807, 2.05) is 19.1 Å². The molecule has 0 heterocycles. The fourth-order valence-electron chi connectivity index (χ4n) is 2.59. The van der Waals surface area contributed by atoms with Crippen molar-refractivity contribution in [1.29, 1.82) is 0 Å². The van der Waals surface area contributed by atoms with Crippen molar-refractivity contribution in [3.63, 3.8) is 0 Å². The number of carbonyl (C=O) groups is 1. The number of aliphatic carboxylic acids is 1. The molecule has 4 nitrogen and oxygen atoms in total. The van der Waals surface area contributed by atoms with Crippen LogP contribution in [0.15, 0.2) is 24.3 Å². The number of ether oxygens (including phenoxy) is 1. The highest BCUT2D eigenvalue weighted by molar-refractivity contribution is 5.67. The van der Waals surface area contributed by atoms with Gasteiger partial charge in [-0.3, -0.25) is 9.69 Å². The molecule has 0 saturated carbocycles. The Morgan fingerprint density at radius 1 is 1.24 bits per heavy atom. The number of hydrogen-bond acceptors (Lipinski definition) is 3. The maximum atomic E-state index is 10.9. The SMILES string of the molecule is CCCOc1ccc(C(C)N(CC)C(C)CC(=O)O)cc1. The van der Waals surface area contributed by atoms with Gasteiger partial charge in [-0.2, -0.15) is 0 Å². The number of benzene rings is 1. The predicted octanol–water partition coefficient (Wildman–Crippen LogP) is 3.72. The van der Waals surface area contributed by atoms with Crippen molar-refractivity contribution in [2.45, 2.75) is 52.6 Å². The lowest BCUT2D eigenvalue weighted by atomic mass is 10.0. The van der Waals surface area contributed by atoms with Gasteiger partial charge in [0.25, 0.3) is 0 Å². The van der Waals surface area contributed by atoms with Crippen molar-refractivity contribution in [2.75, 3.05) is 13.2 Å². The lowest BCUT2D eigenvalue weighted by Gasteiger charge is -2.33. The summed E-state index contributed by atoms with van der Waals surface area (Å²) in [6.45, 7) is 9.78. The van der Waals surface area contributed by atoms with Gasteiger partial charge in [-0.05, 0) is 44.5 Å². The molecule has 0 aliphatic carbocycles. The highest BCUT2D eigenvalue weighted by Gasteiger charge is 2.21. The van der Waals surface area contributed by atoms with Gasteiger partial charge in [0, 0.05) is 12.1 Å². The first-order chi connectivity index (χ1) is 9.99. The average molecular weight is 293 g/mol. The lowest BCUT2D eigenvalue weighted by Crippen LogP contribution is -2.36. The van der Waals surface area contributed by atoms with Crippen LogP contribution < -0.4 is 4.74 Å². The van der Waals surface area contributed by atoms with Gasteiger partial charge in [-0.1, -0.05) is 26.0 Å². The molecule has 1 rings (SSSR count). The molecule has 4 heteroatoms. The van der Waals surface area contributed by atoms with Crippen molar-refractivity contribution in [1.82, 2.24) is 4.90 Å². The molecule has 0 aliphatic rings. The number of hydrogen-bond donors (Lipinski definition) is 1. The summed E-state index contributed by atoms with van der Waals surface area (Å²) < 4.78 is 5.59. The Kier molecular flexibility index (Phi) is 7.23. The third-order valence-electron chi connectivity index (χ3n) is 3.73. The fraction of sp³-hybridized carbons (Fsp3) is 0.588. The summed E-state index contributed by atoms with van der Waals surface area (Å²) in [4.78, 5) is 13.1. The Morgan fingerprint density at radius 3 is 2.33 bits per heavy atom. The molecule has 0 spiro atoms. The fourth-order valence-corrected chi connectivity index (χ4v) is 2.59. The van der Waals surface area contributed by atoms with Gasteiger partial charge in [0.2, 0.25) is 0 Å². The molecule has 0 aromatic heterocycles. The Balaban J connectivity index is 2.75. The lowest BCUT2D eigenvalue weighted by molar-refractivity contribution is -0.138. The molecule has 1 N–H and O–H groups in total. The second-order valence-electron chi connectivity index (χ2n) is 5.37. The van der Waals surface area contributed by atoms with Crippen molar-refractivity contribution in [2.24, 2.45) is 0 Å². The zero-order valence-corrected chi connectivity index (χ0v) is 13.5. The molecule has 21 heavy (non-hydrogen) atoms. The number of nitrogens with zero attached hydrogens (tertiary/aromatic N) is 1. The van der Waals surface area contributed by atoms with Gasteiger partial charge < -0.3 is 9.84 Å². The van der Waals surface area contributed by atoms with Crippen LogP contribution in [0.25, 0.3) is 0 Å². The summed E-state index contributed by atoms with van der Waals surface area (Å²) >= 11 is 0. The van der Waals surface area contributed by atoms with Gasteiger partial charge in [0.1, 0.15) is 5.75 Å². The van der Waals surface area contributed by atoms with Gasteiger partial charge in [-0.25, -0.2) is 0 Å². The second-order valence-corrected chi connectivity index (χ2v) is 5.37. The van der Waals surface area contributed by atoms with E-state index in [1.54, 1.807) is 0 Å². The third-order valence-corrected chi connectivity index (χ3v) is 3.73. The van der Waals surface area contributed by atoms with E-state index in [-0.39, 0.29) is 18.5 Å². The van der Waals surface area contributed by atoms with E-state index >= 15 is 0 Å². The van der Waals surface area contributed by atoms with Crippen LogP contribution in [0.2, 0.25) is 0 Å². The van der Waals surface area contributed by atoms with Crippen LogP contribution in [0.3, 0.4) is 0 Å². The highest BCUT2D eigenvalue weighted by Crippen LogP contribution is 2.25. The minimum atomic E-state index is -0.753. The van der Waals surface area contributed by atoms with E-state index in [0.29, 0.717) is 0 Å². The van der Waals surface area contributed by atoms with Crippen LogP contribution in [0.4, 0.5) is 0 Å². The van der Waals surface area contributed by atoms with Gasteiger partial charge in [0.15, 0.2) is 0 Å². The Bertz CT molecular complexity index is 430. The van der Waals surface area contributed by atoms with Gasteiger partial charge >= 0.3 is 5.97 Å². The summed E-state index contributed by atoms with van der Waals surface area (Å²) in [7, 11) is 0. The van der Waals surface area contributed by atoms with E-state index in [2.05, 4.69) is 37.8 Å². The normalized spacial score (nSPS) is 14.0. The van der Waals surface area contributed by atoms with Crippen LogP contribution in [-0.4, -0.2) is 35.2 Å². The summed E-state index contributed by atoms with van der Waals surface area (Å²) in [5.41, 5.74) is 1.18. The Labute approximate surface area is 127 Å². The summed E-state index contributed by atoms with van der Waals surface area (Å²) in [5, 5.41) is 8.96. The van der Waals surface area contributed by atoms with Gasteiger partial charge in [-0.15, -0.1) is 0 Å². The smallest absolute Gasteiger partial charge is 0.304 e. The Morgan fingerprint density at radius 2 is 1.86 bits per heavy atom. The standard InChI is InChI=1S/C17H27NO3/c1-5-11-21-16-9-7-15(8-10-16)14(4)18(6-2)13(3)12-17(19)20/h7-10,13-14H,5-6,11-12H2,1-4H3,(H,19,20). The maximum Gasteiger partial charge on any atom is 0.304 e. The maximum absolute atomic E-state index is 10.9. The minimum absolute atomic E-state index is 0.0125. The van der Waals surface area contributed by atoms with Crippen LogP contribution in [-0.2, 0) is 4.79 Å². The Hall–Kier alpha value is -1.55. The average Bonchev–Trinajstić information content (AvgIpc) is 2.45. The van der Waals surface area contributed by atoms with E-state index in [4.69, 9.17) is 9.84 Å².